The minimum Gasteiger partial charge on any atom is -0.381 e. The lowest BCUT2D eigenvalue weighted by atomic mass is 10.0. The van der Waals surface area contributed by atoms with Gasteiger partial charge < -0.3 is 15.2 Å². The number of ether oxygens (including phenoxy) is 2. The first-order chi connectivity index (χ1) is 7.70. The number of nitrogens with two attached hydrogens (primary N) is 1. The molecule has 16 heavy (non-hydrogen) atoms. The Morgan fingerprint density at radius 1 is 1.69 bits per heavy atom. The molecule has 2 rings (SSSR count). The molecule has 3 unspecified atom stereocenters. The highest BCUT2D eigenvalue weighted by molar-refractivity contribution is 7.09. The van der Waals surface area contributed by atoms with Crippen molar-refractivity contribution in [3.63, 3.8) is 0 Å². The fourth-order valence-electron chi connectivity index (χ4n) is 1.79. The van der Waals surface area contributed by atoms with Crippen molar-refractivity contribution in [1.29, 1.82) is 0 Å². The predicted molar refractivity (Wildman–Crippen MR) is 63.8 cm³/mol. The number of hydrogen-bond acceptors (Lipinski definition) is 5. The molecule has 1 aliphatic rings. The third kappa shape index (κ3) is 2.60. The number of thiazole rings is 1. The van der Waals surface area contributed by atoms with Gasteiger partial charge in [0.2, 0.25) is 0 Å². The van der Waals surface area contributed by atoms with Crippen LogP contribution in [0.4, 0.5) is 0 Å². The third-order valence-corrected chi connectivity index (χ3v) is 3.83. The second-order valence-electron chi connectivity index (χ2n) is 4.22. The standard InChI is InChI=1S/C11H18N2O2S/c1-7(14-2)3-11-13-10(6-16-11)8-4-15-5-9(8)12/h6-9H,3-5,12H2,1-2H3. The molecule has 2 heterocycles. The van der Waals surface area contributed by atoms with Gasteiger partial charge in [0, 0.05) is 30.9 Å². The summed E-state index contributed by atoms with van der Waals surface area (Å²) in [6.07, 6.45) is 1.08. The van der Waals surface area contributed by atoms with Gasteiger partial charge in [0.15, 0.2) is 0 Å². The normalized spacial score (nSPS) is 27.2. The molecule has 0 bridgehead atoms. The van der Waals surface area contributed by atoms with Crippen LogP contribution in [-0.4, -0.2) is 37.5 Å². The van der Waals surface area contributed by atoms with E-state index in [2.05, 4.69) is 10.4 Å². The van der Waals surface area contributed by atoms with Crippen molar-refractivity contribution in [2.24, 2.45) is 5.73 Å². The molecular weight excluding hydrogens is 224 g/mol. The minimum atomic E-state index is 0.0924. The summed E-state index contributed by atoms with van der Waals surface area (Å²) in [7, 11) is 1.72. The Bertz CT molecular complexity index is 342. The van der Waals surface area contributed by atoms with Gasteiger partial charge in [-0.1, -0.05) is 0 Å². The number of nitrogens with zero attached hydrogens (tertiary/aromatic N) is 1. The molecule has 1 aromatic heterocycles. The van der Waals surface area contributed by atoms with E-state index in [1.54, 1.807) is 18.4 Å². The maximum absolute atomic E-state index is 5.96. The van der Waals surface area contributed by atoms with E-state index in [9.17, 15) is 0 Å². The Balaban J connectivity index is 2.01. The average molecular weight is 242 g/mol. The predicted octanol–water partition coefficient (Wildman–Crippen LogP) is 1.16. The van der Waals surface area contributed by atoms with Crippen LogP contribution in [0.15, 0.2) is 5.38 Å². The fraction of sp³-hybridized carbons (Fsp3) is 0.727. The highest BCUT2D eigenvalue weighted by Crippen LogP contribution is 2.26. The molecule has 1 aliphatic heterocycles. The Morgan fingerprint density at radius 3 is 3.12 bits per heavy atom. The number of rotatable bonds is 4. The largest absolute Gasteiger partial charge is 0.381 e. The highest BCUT2D eigenvalue weighted by Gasteiger charge is 2.28. The number of aromatic nitrogens is 1. The SMILES string of the molecule is COC(C)Cc1nc(C2COCC2N)cs1. The lowest BCUT2D eigenvalue weighted by Gasteiger charge is -2.09. The third-order valence-electron chi connectivity index (χ3n) is 2.94. The second-order valence-corrected chi connectivity index (χ2v) is 5.17. The van der Waals surface area contributed by atoms with Crippen molar-refractivity contribution in [2.75, 3.05) is 20.3 Å². The topological polar surface area (TPSA) is 57.4 Å². The molecule has 1 saturated heterocycles. The lowest BCUT2D eigenvalue weighted by molar-refractivity contribution is 0.118. The molecule has 0 aromatic carbocycles. The van der Waals surface area contributed by atoms with E-state index in [1.165, 1.54) is 0 Å². The molecule has 2 N–H and O–H groups in total. The molecule has 0 aliphatic carbocycles. The summed E-state index contributed by atoms with van der Waals surface area (Å²) in [4.78, 5) is 4.61. The molecule has 0 saturated carbocycles. The van der Waals surface area contributed by atoms with Gasteiger partial charge in [-0.05, 0) is 6.92 Å². The van der Waals surface area contributed by atoms with Crippen LogP contribution in [0.1, 0.15) is 23.5 Å². The van der Waals surface area contributed by atoms with E-state index in [1.807, 2.05) is 6.92 Å². The van der Waals surface area contributed by atoms with E-state index >= 15 is 0 Å². The van der Waals surface area contributed by atoms with Gasteiger partial charge in [-0.25, -0.2) is 4.98 Å². The van der Waals surface area contributed by atoms with Gasteiger partial charge >= 0.3 is 0 Å². The quantitative estimate of drug-likeness (QED) is 0.861. The molecule has 1 aromatic rings. The molecule has 0 radical (unpaired) electrons. The molecule has 0 spiro atoms. The van der Waals surface area contributed by atoms with Gasteiger partial charge in [-0.3, -0.25) is 0 Å². The van der Waals surface area contributed by atoms with Crippen LogP contribution in [0.25, 0.3) is 0 Å². The molecule has 4 nitrogen and oxygen atoms in total. The van der Waals surface area contributed by atoms with Gasteiger partial charge in [0.05, 0.1) is 30.0 Å². The van der Waals surface area contributed by atoms with Crippen molar-refractivity contribution < 1.29 is 9.47 Å². The van der Waals surface area contributed by atoms with Crippen molar-refractivity contribution >= 4 is 11.3 Å². The first-order valence-corrected chi connectivity index (χ1v) is 6.39. The Kier molecular flexibility index (Phi) is 3.91. The van der Waals surface area contributed by atoms with E-state index < -0.39 is 0 Å². The fourth-order valence-corrected chi connectivity index (χ4v) is 2.77. The van der Waals surface area contributed by atoms with E-state index in [-0.39, 0.29) is 18.1 Å². The summed E-state index contributed by atoms with van der Waals surface area (Å²) in [6, 6.07) is 0.0924. The van der Waals surface area contributed by atoms with E-state index in [0.717, 1.165) is 17.1 Å². The van der Waals surface area contributed by atoms with Gasteiger partial charge in [-0.2, -0.15) is 0 Å². The molecular formula is C11H18N2O2S. The van der Waals surface area contributed by atoms with Gasteiger partial charge in [0.25, 0.3) is 0 Å². The maximum atomic E-state index is 5.96. The Morgan fingerprint density at radius 2 is 2.50 bits per heavy atom. The summed E-state index contributed by atoms with van der Waals surface area (Å²) >= 11 is 1.68. The average Bonchev–Trinajstić information content (AvgIpc) is 2.86. The molecule has 90 valence electrons. The molecule has 1 fully saturated rings. The van der Waals surface area contributed by atoms with E-state index in [4.69, 9.17) is 15.2 Å². The first kappa shape index (κ1) is 12.0. The molecule has 5 heteroatoms. The van der Waals surface area contributed by atoms with Gasteiger partial charge in [0.1, 0.15) is 0 Å². The van der Waals surface area contributed by atoms with Crippen LogP contribution in [0, 0.1) is 0 Å². The molecule has 3 atom stereocenters. The van der Waals surface area contributed by atoms with Crippen molar-refractivity contribution in [3.8, 4) is 0 Å². The summed E-state index contributed by atoms with van der Waals surface area (Å²) < 4.78 is 10.6. The number of hydrogen-bond donors (Lipinski definition) is 1. The Labute approximate surface area is 99.8 Å². The first-order valence-electron chi connectivity index (χ1n) is 5.51. The smallest absolute Gasteiger partial charge is 0.0954 e. The van der Waals surface area contributed by atoms with Crippen molar-refractivity contribution in [2.45, 2.75) is 31.4 Å². The lowest BCUT2D eigenvalue weighted by Crippen LogP contribution is -2.27. The van der Waals surface area contributed by atoms with Crippen LogP contribution in [0.2, 0.25) is 0 Å². The van der Waals surface area contributed by atoms with Crippen LogP contribution < -0.4 is 5.73 Å². The molecule has 0 amide bonds. The maximum Gasteiger partial charge on any atom is 0.0954 e. The zero-order valence-electron chi connectivity index (χ0n) is 9.68. The summed E-state index contributed by atoms with van der Waals surface area (Å²) in [5.74, 6) is 0.267. The number of methoxy groups -OCH3 is 1. The van der Waals surface area contributed by atoms with Crippen LogP contribution in [-0.2, 0) is 15.9 Å². The zero-order chi connectivity index (χ0) is 11.5. The summed E-state index contributed by atoms with van der Waals surface area (Å²) in [5, 5.41) is 3.21. The zero-order valence-corrected chi connectivity index (χ0v) is 10.5. The van der Waals surface area contributed by atoms with Crippen LogP contribution in [0.3, 0.4) is 0 Å². The van der Waals surface area contributed by atoms with Crippen molar-refractivity contribution in [1.82, 2.24) is 4.98 Å². The van der Waals surface area contributed by atoms with Gasteiger partial charge in [-0.15, -0.1) is 11.3 Å². The second kappa shape index (κ2) is 5.23. The monoisotopic (exact) mass is 242 g/mol. The van der Waals surface area contributed by atoms with E-state index in [0.29, 0.717) is 13.2 Å². The Hall–Kier alpha value is -0.490. The van der Waals surface area contributed by atoms with Crippen molar-refractivity contribution in [3.05, 3.63) is 16.1 Å². The van der Waals surface area contributed by atoms with Crippen LogP contribution in [0.5, 0.6) is 0 Å². The summed E-state index contributed by atoms with van der Waals surface area (Å²) in [5.41, 5.74) is 7.04. The van der Waals surface area contributed by atoms with Crippen LogP contribution >= 0.6 is 11.3 Å². The highest BCUT2D eigenvalue weighted by atomic mass is 32.1. The minimum absolute atomic E-state index is 0.0924. The summed E-state index contributed by atoms with van der Waals surface area (Å²) in [6.45, 7) is 3.39.